The molecule has 2 heterocycles. The highest BCUT2D eigenvalue weighted by Gasteiger charge is 2.52. The highest BCUT2D eigenvalue weighted by molar-refractivity contribution is 6.31. The molecule has 0 aromatic heterocycles. The molecule has 112 valence electrons. The number of aryl methyl sites for hydroxylation is 1. The van der Waals surface area contributed by atoms with Crippen LogP contribution in [0.4, 0.5) is 5.69 Å². The summed E-state index contributed by atoms with van der Waals surface area (Å²) < 4.78 is 5.56. The third-order valence-electron chi connectivity index (χ3n) is 4.31. The van der Waals surface area contributed by atoms with Crippen LogP contribution in [0.25, 0.3) is 0 Å². The molecule has 2 bridgehead atoms. The van der Waals surface area contributed by atoms with Crippen LogP contribution < -0.4 is 10.4 Å². The van der Waals surface area contributed by atoms with Crippen LogP contribution in [0.1, 0.15) is 18.4 Å². The first-order valence-corrected chi connectivity index (χ1v) is 7.28. The summed E-state index contributed by atoms with van der Waals surface area (Å²) in [7, 11) is 0. The summed E-state index contributed by atoms with van der Waals surface area (Å²) >= 11 is 5.92. The van der Waals surface area contributed by atoms with E-state index in [2.05, 4.69) is 5.32 Å². The lowest BCUT2D eigenvalue weighted by Gasteiger charge is -2.27. The Morgan fingerprint density at radius 2 is 1.95 bits per heavy atom. The fraction of sp³-hybridized carbons (Fsp3) is 0.467. The minimum atomic E-state index is -1.22. The molecule has 2 aliphatic heterocycles. The standard InChI is InChI=1S/C15H16ClNO4/c1-7-2-3-8(16)6-9(7)17-14(18)12-10-4-5-11(21-10)13(12)15(19)20/h2-3,6,10-13H,4-5H2,1H3,(H,17,18)(H,19,20)/p-1/t10-,11+,12+,13+/m1/s1. The van der Waals surface area contributed by atoms with Crippen LogP contribution in [0, 0.1) is 18.8 Å². The molecule has 0 spiro atoms. The van der Waals surface area contributed by atoms with Gasteiger partial charge in [-0.1, -0.05) is 17.7 Å². The van der Waals surface area contributed by atoms with E-state index in [-0.39, 0.29) is 12.0 Å². The van der Waals surface area contributed by atoms with Crippen molar-refractivity contribution in [2.24, 2.45) is 11.8 Å². The third-order valence-corrected chi connectivity index (χ3v) is 4.54. The molecule has 1 amide bonds. The summed E-state index contributed by atoms with van der Waals surface area (Å²) in [6.07, 6.45) is 0.637. The number of fused-ring (bicyclic) bond motifs is 2. The molecule has 2 saturated heterocycles. The quantitative estimate of drug-likeness (QED) is 0.908. The molecule has 1 N–H and O–H groups in total. The second-order valence-electron chi connectivity index (χ2n) is 5.61. The minimum absolute atomic E-state index is 0.336. The number of carboxylic acids is 1. The Hall–Kier alpha value is -1.59. The smallest absolute Gasteiger partial charge is 0.230 e. The van der Waals surface area contributed by atoms with Crippen molar-refractivity contribution in [3.8, 4) is 0 Å². The van der Waals surface area contributed by atoms with Gasteiger partial charge in [-0.25, -0.2) is 0 Å². The molecule has 3 rings (SSSR count). The van der Waals surface area contributed by atoms with Crippen LogP contribution in [0.15, 0.2) is 18.2 Å². The average molecular weight is 309 g/mol. The van der Waals surface area contributed by atoms with Crippen LogP contribution in [-0.2, 0) is 14.3 Å². The van der Waals surface area contributed by atoms with Crippen molar-refractivity contribution in [3.63, 3.8) is 0 Å². The first-order chi connectivity index (χ1) is 9.97. The topological polar surface area (TPSA) is 78.5 Å². The Labute approximate surface area is 127 Å². The van der Waals surface area contributed by atoms with Gasteiger partial charge in [-0.15, -0.1) is 0 Å². The van der Waals surface area contributed by atoms with Crippen LogP contribution in [0.2, 0.25) is 5.02 Å². The zero-order valence-corrected chi connectivity index (χ0v) is 12.2. The van der Waals surface area contributed by atoms with E-state index in [0.29, 0.717) is 23.6 Å². The van der Waals surface area contributed by atoms with E-state index in [1.54, 1.807) is 18.2 Å². The fourth-order valence-corrected chi connectivity index (χ4v) is 3.43. The number of benzene rings is 1. The van der Waals surface area contributed by atoms with Gasteiger partial charge in [0.05, 0.1) is 18.1 Å². The zero-order valence-electron chi connectivity index (χ0n) is 11.5. The van der Waals surface area contributed by atoms with Gasteiger partial charge < -0.3 is 20.0 Å². The average Bonchev–Trinajstić information content (AvgIpc) is 3.03. The Balaban J connectivity index is 1.81. The maximum atomic E-state index is 12.5. The van der Waals surface area contributed by atoms with E-state index in [0.717, 1.165) is 5.56 Å². The molecule has 5 nitrogen and oxygen atoms in total. The number of nitrogens with one attached hydrogen (secondary N) is 1. The minimum Gasteiger partial charge on any atom is -0.550 e. The van der Waals surface area contributed by atoms with Gasteiger partial charge in [0.25, 0.3) is 0 Å². The van der Waals surface area contributed by atoms with E-state index < -0.39 is 23.9 Å². The van der Waals surface area contributed by atoms with Gasteiger partial charge in [0.2, 0.25) is 5.91 Å². The van der Waals surface area contributed by atoms with E-state index in [1.807, 2.05) is 6.92 Å². The van der Waals surface area contributed by atoms with Gasteiger partial charge in [0.1, 0.15) is 0 Å². The number of aliphatic carboxylic acids is 1. The Morgan fingerprint density at radius 1 is 1.29 bits per heavy atom. The molecule has 0 aliphatic carbocycles. The summed E-state index contributed by atoms with van der Waals surface area (Å²) in [6, 6.07) is 5.18. The summed E-state index contributed by atoms with van der Waals surface area (Å²) in [5, 5.41) is 14.6. The van der Waals surface area contributed by atoms with Gasteiger partial charge >= 0.3 is 0 Å². The second kappa shape index (κ2) is 5.31. The van der Waals surface area contributed by atoms with E-state index in [4.69, 9.17) is 16.3 Å². The van der Waals surface area contributed by atoms with Crippen molar-refractivity contribution < 1.29 is 19.4 Å². The number of halogens is 1. The number of ether oxygens (including phenoxy) is 1. The number of anilines is 1. The molecule has 21 heavy (non-hydrogen) atoms. The second-order valence-corrected chi connectivity index (χ2v) is 6.05. The third kappa shape index (κ3) is 2.51. The lowest BCUT2D eigenvalue weighted by atomic mass is 9.78. The molecule has 4 atom stereocenters. The van der Waals surface area contributed by atoms with Gasteiger partial charge in [-0.05, 0) is 37.5 Å². The van der Waals surface area contributed by atoms with Crippen LogP contribution in [-0.4, -0.2) is 24.1 Å². The first-order valence-electron chi connectivity index (χ1n) is 6.90. The summed E-state index contributed by atoms with van der Waals surface area (Å²) in [6.45, 7) is 1.85. The number of carbonyl (C=O) groups excluding carboxylic acids is 2. The van der Waals surface area contributed by atoms with Crippen molar-refractivity contribution in [3.05, 3.63) is 28.8 Å². The molecule has 0 saturated carbocycles. The van der Waals surface area contributed by atoms with Crippen LogP contribution >= 0.6 is 11.6 Å². The molecule has 2 fully saturated rings. The molecule has 0 radical (unpaired) electrons. The van der Waals surface area contributed by atoms with Crippen molar-refractivity contribution in [2.45, 2.75) is 32.0 Å². The molecule has 6 heteroatoms. The number of hydrogen-bond donors (Lipinski definition) is 1. The Kier molecular flexibility index (Phi) is 3.63. The molecule has 1 aromatic rings. The van der Waals surface area contributed by atoms with Gasteiger partial charge in [-0.3, -0.25) is 4.79 Å². The first kappa shape index (κ1) is 14.4. The Morgan fingerprint density at radius 3 is 2.62 bits per heavy atom. The van der Waals surface area contributed by atoms with Gasteiger partial charge in [0, 0.05) is 22.6 Å². The van der Waals surface area contributed by atoms with Crippen LogP contribution in [0.5, 0.6) is 0 Å². The summed E-state index contributed by atoms with van der Waals surface area (Å²) in [4.78, 5) is 23.7. The highest BCUT2D eigenvalue weighted by atomic mass is 35.5. The Bertz CT molecular complexity index is 603. The van der Waals surface area contributed by atoms with Crippen LogP contribution in [0.3, 0.4) is 0 Å². The van der Waals surface area contributed by atoms with Crippen molar-refractivity contribution in [1.82, 2.24) is 0 Å². The monoisotopic (exact) mass is 308 g/mol. The lowest BCUT2D eigenvalue weighted by Crippen LogP contribution is -2.46. The maximum Gasteiger partial charge on any atom is 0.230 e. The van der Waals surface area contributed by atoms with Crippen molar-refractivity contribution in [1.29, 1.82) is 0 Å². The van der Waals surface area contributed by atoms with Crippen molar-refractivity contribution in [2.75, 3.05) is 5.32 Å². The number of rotatable bonds is 3. The molecule has 0 unspecified atom stereocenters. The SMILES string of the molecule is Cc1ccc(Cl)cc1NC(=O)[C@@H]1[C@@H](C(=O)[O-])[C@@H]2CC[C@H]1O2. The zero-order chi connectivity index (χ0) is 15.1. The highest BCUT2D eigenvalue weighted by Crippen LogP contribution is 2.43. The summed E-state index contributed by atoms with van der Waals surface area (Å²) in [5.74, 6) is -3.14. The largest absolute Gasteiger partial charge is 0.550 e. The number of carbonyl (C=O) groups is 2. The number of amides is 1. The van der Waals surface area contributed by atoms with Gasteiger partial charge in [0.15, 0.2) is 0 Å². The normalized spacial score (nSPS) is 30.4. The predicted molar refractivity (Wildman–Crippen MR) is 74.7 cm³/mol. The number of hydrogen-bond acceptors (Lipinski definition) is 4. The van der Waals surface area contributed by atoms with E-state index in [9.17, 15) is 14.7 Å². The van der Waals surface area contributed by atoms with E-state index >= 15 is 0 Å². The van der Waals surface area contributed by atoms with Crippen molar-refractivity contribution >= 4 is 29.2 Å². The maximum absolute atomic E-state index is 12.5. The van der Waals surface area contributed by atoms with Gasteiger partial charge in [-0.2, -0.15) is 0 Å². The number of carboxylic acid groups (broad SMARTS) is 1. The molecule has 1 aromatic carbocycles. The molecular weight excluding hydrogens is 294 g/mol. The lowest BCUT2D eigenvalue weighted by molar-refractivity contribution is -0.313. The molecule has 2 aliphatic rings. The summed E-state index contributed by atoms with van der Waals surface area (Å²) in [5.41, 5.74) is 1.45. The fourth-order valence-electron chi connectivity index (χ4n) is 3.26. The predicted octanol–water partition coefficient (Wildman–Crippen LogP) is 1.13. The molecular formula is C15H15ClNO4-. The van der Waals surface area contributed by atoms with E-state index in [1.165, 1.54) is 0 Å².